The van der Waals surface area contributed by atoms with Gasteiger partial charge in [-0.1, -0.05) is 37.8 Å². The third kappa shape index (κ3) is 3.84. The van der Waals surface area contributed by atoms with Crippen molar-refractivity contribution in [2.45, 2.75) is 64.5 Å². The van der Waals surface area contributed by atoms with Gasteiger partial charge >= 0.3 is 6.03 Å². The van der Waals surface area contributed by atoms with E-state index in [-0.39, 0.29) is 24.4 Å². The highest BCUT2D eigenvalue weighted by Gasteiger charge is 2.50. The highest BCUT2D eigenvalue weighted by Crippen LogP contribution is 2.34. The van der Waals surface area contributed by atoms with Gasteiger partial charge in [-0.25, -0.2) is 9.78 Å². The predicted molar refractivity (Wildman–Crippen MR) is 116 cm³/mol. The molecule has 158 valence electrons. The third-order valence-corrected chi connectivity index (χ3v) is 6.70. The van der Waals surface area contributed by atoms with Crippen LogP contribution >= 0.6 is 11.3 Å². The highest BCUT2D eigenvalue weighted by molar-refractivity contribution is 7.14. The van der Waals surface area contributed by atoms with E-state index in [1.54, 1.807) is 10.3 Å². The molecule has 1 aliphatic carbocycles. The topological polar surface area (TPSA) is 82.6 Å². The summed E-state index contributed by atoms with van der Waals surface area (Å²) in [7, 11) is 0. The largest absolute Gasteiger partial charge is 0.325 e. The minimum atomic E-state index is -0.751. The first-order valence-electron chi connectivity index (χ1n) is 10.4. The lowest BCUT2D eigenvalue weighted by molar-refractivity contribution is -0.132. The molecule has 0 unspecified atom stereocenters. The lowest BCUT2D eigenvalue weighted by atomic mass is 9.90. The van der Waals surface area contributed by atoms with Gasteiger partial charge in [0.1, 0.15) is 5.54 Å². The standard InChI is InChI=1S/C22H26N4O3S/c1-15-8-7-9-18(12-15)26(16(2)27)21-23-17(14-30-21)13-25-19(28)22(24-20(25)29)10-5-3-4-6-11-22/h7-9,12,14H,3-6,10-11,13H2,1-2H3,(H,24,29). The molecule has 1 saturated carbocycles. The summed E-state index contributed by atoms with van der Waals surface area (Å²) in [5.74, 6) is -0.292. The van der Waals surface area contributed by atoms with E-state index in [1.807, 2.05) is 31.2 Å². The second-order valence-electron chi connectivity index (χ2n) is 8.13. The van der Waals surface area contributed by atoms with Gasteiger partial charge in [-0.3, -0.25) is 19.4 Å². The van der Waals surface area contributed by atoms with E-state index in [2.05, 4.69) is 10.3 Å². The Labute approximate surface area is 180 Å². The van der Waals surface area contributed by atoms with Crippen molar-refractivity contribution in [3.05, 3.63) is 40.9 Å². The summed E-state index contributed by atoms with van der Waals surface area (Å²) in [5, 5.41) is 5.29. The number of amides is 4. The normalized spacial score (nSPS) is 18.4. The van der Waals surface area contributed by atoms with Gasteiger partial charge in [-0.15, -0.1) is 11.3 Å². The number of rotatable bonds is 4. The maximum absolute atomic E-state index is 13.1. The molecule has 30 heavy (non-hydrogen) atoms. The second-order valence-corrected chi connectivity index (χ2v) is 8.97. The first-order valence-corrected chi connectivity index (χ1v) is 11.2. The van der Waals surface area contributed by atoms with E-state index in [0.29, 0.717) is 23.7 Å². The van der Waals surface area contributed by atoms with E-state index >= 15 is 0 Å². The number of nitrogens with zero attached hydrogens (tertiary/aromatic N) is 3. The van der Waals surface area contributed by atoms with E-state index in [1.165, 1.54) is 23.2 Å². The zero-order valence-electron chi connectivity index (χ0n) is 17.3. The second kappa shape index (κ2) is 8.18. The maximum atomic E-state index is 13.1. The first-order chi connectivity index (χ1) is 14.4. The number of hydrogen-bond acceptors (Lipinski definition) is 5. The summed E-state index contributed by atoms with van der Waals surface area (Å²) in [6, 6.07) is 7.31. The van der Waals surface area contributed by atoms with Crippen molar-refractivity contribution >= 4 is 40.0 Å². The SMILES string of the molecule is CC(=O)N(c1cccc(C)c1)c1nc(CN2C(=O)NC3(CCCCCC3)C2=O)cs1. The Balaban J connectivity index is 1.55. The molecule has 1 N–H and O–H groups in total. The van der Waals surface area contributed by atoms with E-state index < -0.39 is 5.54 Å². The van der Waals surface area contributed by atoms with Gasteiger partial charge in [-0.2, -0.15) is 0 Å². The summed E-state index contributed by atoms with van der Waals surface area (Å²) in [4.78, 5) is 45.4. The molecular weight excluding hydrogens is 400 g/mol. The molecule has 1 saturated heterocycles. The molecule has 1 spiro atoms. The monoisotopic (exact) mass is 426 g/mol. The fraction of sp³-hybridized carbons (Fsp3) is 0.455. The number of anilines is 2. The van der Waals surface area contributed by atoms with Crippen molar-refractivity contribution in [1.29, 1.82) is 0 Å². The van der Waals surface area contributed by atoms with Crippen molar-refractivity contribution in [2.75, 3.05) is 4.90 Å². The maximum Gasteiger partial charge on any atom is 0.325 e. The van der Waals surface area contributed by atoms with Crippen LogP contribution in [-0.2, 0) is 16.1 Å². The summed E-state index contributed by atoms with van der Waals surface area (Å²) < 4.78 is 0. The summed E-state index contributed by atoms with van der Waals surface area (Å²) in [6.45, 7) is 3.58. The number of thiazole rings is 1. The van der Waals surface area contributed by atoms with Gasteiger partial charge < -0.3 is 5.32 Å². The van der Waals surface area contributed by atoms with Crippen LogP contribution in [0.15, 0.2) is 29.6 Å². The molecule has 2 aromatic rings. The molecular formula is C22H26N4O3S. The van der Waals surface area contributed by atoms with Crippen LogP contribution in [0, 0.1) is 6.92 Å². The van der Waals surface area contributed by atoms with Gasteiger partial charge in [0.05, 0.1) is 17.9 Å². The number of carbonyl (C=O) groups excluding carboxylic acids is 3. The molecule has 1 aromatic carbocycles. The van der Waals surface area contributed by atoms with Crippen molar-refractivity contribution < 1.29 is 14.4 Å². The lowest BCUT2D eigenvalue weighted by Crippen LogP contribution is -2.46. The molecule has 8 heteroatoms. The molecule has 1 aliphatic heterocycles. The molecule has 0 radical (unpaired) electrons. The number of nitrogens with one attached hydrogen (secondary N) is 1. The molecule has 0 atom stereocenters. The van der Waals surface area contributed by atoms with Crippen LogP contribution in [0.3, 0.4) is 0 Å². The first kappa shape index (κ1) is 20.5. The van der Waals surface area contributed by atoms with E-state index in [9.17, 15) is 14.4 Å². The molecule has 4 amide bonds. The minimum absolute atomic E-state index is 0.114. The Morgan fingerprint density at radius 2 is 1.97 bits per heavy atom. The van der Waals surface area contributed by atoms with Crippen LogP contribution in [0.4, 0.5) is 15.6 Å². The number of imide groups is 1. The Hall–Kier alpha value is -2.74. The fourth-order valence-electron chi connectivity index (χ4n) is 4.32. The number of benzene rings is 1. The lowest BCUT2D eigenvalue weighted by Gasteiger charge is -2.24. The highest BCUT2D eigenvalue weighted by atomic mass is 32.1. The summed E-state index contributed by atoms with van der Waals surface area (Å²) in [5.41, 5.74) is 1.64. The molecule has 2 aliphatic rings. The van der Waals surface area contributed by atoms with Crippen molar-refractivity contribution in [3.8, 4) is 0 Å². The number of aromatic nitrogens is 1. The smallest absolute Gasteiger partial charge is 0.323 e. The Bertz CT molecular complexity index is 978. The molecule has 7 nitrogen and oxygen atoms in total. The van der Waals surface area contributed by atoms with Crippen LogP contribution in [0.1, 0.15) is 56.7 Å². The summed E-state index contributed by atoms with van der Waals surface area (Å²) >= 11 is 1.33. The Morgan fingerprint density at radius 3 is 2.63 bits per heavy atom. The molecule has 2 fully saturated rings. The number of carbonyl (C=O) groups is 3. The number of hydrogen-bond donors (Lipinski definition) is 1. The van der Waals surface area contributed by atoms with E-state index in [4.69, 9.17) is 0 Å². The van der Waals surface area contributed by atoms with Gasteiger partial charge in [0, 0.05) is 12.3 Å². The Kier molecular flexibility index (Phi) is 5.60. The predicted octanol–water partition coefficient (Wildman–Crippen LogP) is 4.28. The van der Waals surface area contributed by atoms with Gasteiger partial charge in [-0.05, 0) is 37.5 Å². The van der Waals surface area contributed by atoms with Crippen molar-refractivity contribution in [3.63, 3.8) is 0 Å². The van der Waals surface area contributed by atoms with Crippen molar-refractivity contribution in [2.24, 2.45) is 0 Å². The average molecular weight is 427 g/mol. The van der Waals surface area contributed by atoms with Crippen LogP contribution in [0.25, 0.3) is 0 Å². The fourth-order valence-corrected chi connectivity index (χ4v) is 5.20. The van der Waals surface area contributed by atoms with Crippen LogP contribution < -0.4 is 10.2 Å². The van der Waals surface area contributed by atoms with Gasteiger partial charge in [0.25, 0.3) is 5.91 Å². The van der Waals surface area contributed by atoms with Crippen LogP contribution in [0.5, 0.6) is 0 Å². The van der Waals surface area contributed by atoms with Gasteiger partial charge in [0.2, 0.25) is 5.91 Å². The molecule has 4 rings (SSSR count). The molecule has 1 aromatic heterocycles. The zero-order chi connectivity index (χ0) is 21.3. The van der Waals surface area contributed by atoms with E-state index in [0.717, 1.165) is 36.9 Å². The van der Waals surface area contributed by atoms with Crippen molar-refractivity contribution in [1.82, 2.24) is 15.2 Å². The molecule has 2 heterocycles. The molecule has 0 bridgehead atoms. The summed E-state index contributed by atoms with van der Waals surface area (Å²) in [6.07, 6.45) is 5.49. The Morgan fingerprint density at radius 1 is 1.23 bits per heavy atom. The quantitative estimate of drug-likeness (QED) is 0.740. The van der Waals surface area contributed by atoms with Crippen LogP contribution in [-0.4, -0.2) is 33.3 Å². The zero-order valence-corrected chi connectivity index (χ0v) is 18.1. The number of aryl methyl sites for hydroxylation is 1. The average Bonchev–Trinajstić information content (AvgIpc) is 3.12. The van der Waals surface area contributed by atoms with Gasteiger partial charge in [0.15, 0.2) is 5.13 Å². The third-order valence-electron chi connectivity index (χ3n) is 5.83. The number of urea groups is 1. The minimum Gasteiger partial charge on any atom is -0.323 e. The van der Waals surface area contributed by atoms with Crippen LogP contribution in [0.2, 0.25) is 0 Å².